The molecule has 1 aromatic carbocycles. The molecule has 0 aliphatic heterocycles. The topological polar surface area (TPSA) is 52.2 Å². The zero-order valence-electron chi connectivity index (χ0n) is 9.48. The molecule has 0 radical (unpaired) electrons. The second-order valence-corrected chi connectivity index (χ2v) is 4.68. The van der Waals surface area contributed by atoms with E-state index >= 15 is 0 Å². The van der Waals surface area contributed by atoms with E-state index in [1.54, 1.807) is 24.3 Å². The Morgan fingerprint density at radius 2 is 1.75 bits per heavy atom. The van der Waals surface area contributed by atoms with Gasteiger partial charge < -0.3 is 4.42 Å². The van der Waals surface area contributed by atoms with Crippen LogP contribution in [0.1, 0.15) is 20.8 Å². The molecule has 16 heavy (non-hydrogen) atoms. The molecule has 0 aliphatic carbocycles. The fraction of sp³-hybridized carbons (Fsp3) is 0.333. The Morgan fingerprint density at radius 3 is 2.38 bits per heavy atom. The van der Waals surface area contributed by atoms with Crippen molar-refractivity contribution in [2.75, 3.05) is 0 Å². The van der Waals surface area contributed by atoms with Gasteiger partial charge >= 0.3 is 11.4 Å². The van der Waals surface area contributed by atoms with Gasteiger partial charge in [-0.15, -0.1) is 0 Å². The summed E-state index contributed by atoms with van der Waals surface area (Å²) in [5, 5.41) is 0.428. The second kappa shape index (κ2) is 3.33. The van der Waals surface area contributed by atoms with Crippen molar-refractivity contribution in [2.45, 2.75) is 26.3 Å². The van der Waals surface area contributed by atoms with Crippen LogP contribution in [-0.2, 0) is 5.54 Å². The zero-order valence-corrected chi connectivity index (χ0v) is 9.48. The molecule has 0 spiro atoms. The molecule has 1 aromatic heterocycles. The first kappa shape index (κ1) is 10.7. The van der Waals surface area contributed by atoms with Crippen LogP contribution in [0.15, 0.2) is 38.3 Å². The summed E-state index contributed by atoms with van der Waals surface area (Å²) in [6.45, 7) is 5.67. The van der Waals surface area contributed by atoms with Gasteiger partial charge in [0, 0.05) is 5.54 Å². The molecular weight excluding hydrogens is 206 g/mol. The Kier molecular flexibility index (Phi) is 2.22. The van der Waals surface area contributed by atoms with E-state index in [1.165, 1.54) is 4.57 Å². The summed E-state index contributed by atoms with van der Waals surface area (Å²) in [6.07, 6.45) is 0. The summed E-state index contributed by atoms with van der Waals surface area (Å²) in [5.74, 6) is -0.615. The lowest BCUT2D eigenvalue weighted by atomic mass is 10.1. The minimum atomic E-state index is -0.615. The van der Waals surface area contributed by atoms with E-state index < -0.39 is 16.9 Å². The van der Waals surface area contributed by atoms with Gasteiger partial charge in [0.25, 0.3) is 0 Å². The highest BCUT2D eigenvalue weighted by atomic mass is 16.4. The van der Waals surface area contributed by atoms with Crippen LogP contribution in [0.2, 0.25) is 0 Å². The van der Waals surface area contributed by atoms with Crippen LogP contribution in [-0.4, -0.2) is 4.57 Å². The molecule has 0 unspecified atom stereocenters. The highest BCUT2D eigenvalue weighted by Crippen LogP contribution is 2.17. The highest BCUT2D eigenvalue weighted by Gasteiger charge is 2.19. The molecule has 0 atom stereocenters. The first-order valence-electron chi connectivity index (χ1n) is 5.06. The maximum Gasteiger partial charge on any atom is 0.422 e. The minimum absolute atomic E-state index is 0.423. The average Bonchev–Trinajstić information content (AvgIpc) is 2.15. The van der Waals surface area contributed by atoms with Crippen molar-refractivity contribution in [3.05, 3.63) is 45.2 Å². The molecule has 0 saturated carbocycles. The molecular formula is C12H13NO3. The van der Waals surface area contributed by atoms with E-state index in [2.05, 4.69) is 0 Å². The lowest BCUT2D eigenvalue weighted by Gasteiger charge is -2.22. The van der Waals surface area contributed by atoms with Crippen LogP contribution in [0.25, 0.3) is 10.9 Å². The highest BCUT2D eigenvalue weighted by molar-refractivity contribution is 5.77. The van der Waals surface area contributed by atoms with Gasteiger partial charge in [0.1, 0.15) is 0 Å². The van der Waals surface area contributed by atoms with E-state index in [1.807, 2.05) is 20.8 Å². The normalized spacial score (nSPS) is 11.9. The van der Waals surface area contributed by atoms with Crippen molar-refractivity contribution in [1.82, 2.24) is 4.57 Å². The van der Waals surface area contributed by atoms with Gasteiger partial charge in [0.05, 0.1) is 10.9 Å². The number of nitrogens with zero attached hydrogens (tertiary/aromatic N) is 1. The molecule has 0 N–H and O–H groups in total. The van der Waals surface area contributed by atoms with Crippen LogP contribution in [0.5, 0.6) is 0 Å². The summed E-state index contributed by atoms with van der Waals surface area (Å²) in [5.41, 5.74) is -0.397. The molecule has 0 fully saturated rings. The first-order valence-corrected chi connectivity index (χ1v) is 5.06. The van der Waals surface area contributed by atoms with Gasteiger partial charge in [-0.2, -0.15) is 0 Å². The third-order valence-electron chi connectivity index (χ3n) is 2.40. The van der Waals surface area contributed by atoms with Crippen LogP contribution in [0.3, 0.4) is 0 Å². The Bertz CT molecular complexity index is 644. The number of rotatable bonds is 0. The maximum atomic E-state index is 11.7. The van der Waals surface area contributed by atoms with Gasteiger partial charge in [-0.05, 0) is 32.9 Å². The molecule has 0 amide bonds. The Balaban J connectivity index is 3.05. The van der Waals surface area contributed by atoms with Crippen LogP contribution in [0, 0.1) is 0 Å². The molecule has 84 valence electrons. The van der Waals surface area contributed by atoms with E-state index in [-0.39, 0.29) is 0 Å². The number of aromatic nitrogens is 1. The van der Waals surface area contributed by atoms with Crippen molar-refractivity contribution >= 4 is 10.9 Å². The largest absolute Gasteiger partial charge is 0.422 e. The van der Waals surface area contributed by atoms with Gasteiger partial charge in [-0.1, -0.05) is 12.1 Å². The summed E-state index contributed by atoms with van der Waals surface area (Å²) in [6, 6.07) is 6.95. The summed E-state index contributed by atoms with van der Waals surface area (Å²) in [4.78, 5) is 23.2. The predicted molar refractivity (Wildman–Crippen MR) is 61.7 cm³/mol. The molecule has 0 aliphatic rings. The van der Waals surface area contributed by atoms with Crippen molar-refractivity contribution in [2.24, 2.45) is 0 Å². The van der Waals surface area contributed by atoms with Crippen molar-refractivity contribution in [1.29, 1.82) is 0 Å². The predicted octanol–water partition coefficient (Wildman–Crippen LogP) is 1.71. The molecule has 2 rings (SSSR count). The van der Waals surface area contributed by atoms with Gasteiger partial charge in [0.15, 0.2) is 0 Å². The van der Waals surface area contributed by atoms with Crippen LogP contribution < -0.4 is 11.4 Å². The maximum absolute atomic E-state index is 11.7. The number of fused-ring (bicyclic) bond motifs is 1. The summed E-state index contributed by atoms with van der Waals surface area (Å²) in [7, 11) is 0. The van der Waals surface area contributed by atoms with Crippen molar-refractivity contribution in [3.63, 3.8) is 0 Å². The second-order valence-electron chi connectivity index (χ2n) is 4.68. The number of benzene rings is 1. The Hall–Kier alpha value is -1.84. The molecule has 1 heterocycles. The number of para-hydroxylation sites is 1. The average molecular weight is 219 g/mol. The lowest BCUT2D eigenvalue weighted by Crippen LogP contribution is -2.36. The molecule has 4 heteroatoms. The third-order valence-corrected chi connectivity index (χ3v) is 2.40. The summed E-state index contributed by atoms with van der Waals surface area (Å²) < 4.78 is 6.19. The molecule has 0 bridgehead atoms. The Labute approximate surface area is 92.1 Å². The van der Waals surface area contributed by atoms with Gasteiger partial charge in [-0.25, -0.2) is 9.59 Å². The van der Waals surface area contributed by atoms with E-state index in [4.69, 9.17) is 4.42 Å². The lowest BCUT2D eigenvalue weighted by molar-refractivity contribution is 0.323. The van der Waals surface area contributed by atoms with E-state index in [0.29, 0.717) is 10.9 Å². The smallest absolute Gasteiger partial charge is 0.372 e. The fourth-order valence-electron chi connectivity index (χ4n) is 1.75. The Morgan fingerprint density at radius 1 is 1.12 bits per heavy atom. The fourth-order valence-corrected chi connectivity index (χ4v) is 1.75. The SMILES string of the molecule is CC(C)(C)n1c(=O)oc(=O)c2ccccc21. The third kappa shape index (κ3) is 1.56. The van der Waals surface area contributed by atoms with Crippen molar-refractivity contribution in [3.8, 4) is 0 Å². The van der Waals surface area contributed by atoms with E-state index in [0.717, 1.165) is 0 Å². The van der Waals surface area contributed by atoms with Crippen molar-refractivity contribution < 1.29 is 4.42 Å². The van der Waals surface area contributed by atoms with Crippen LogP contribution >= 0.6 is 0 Å². The van der Waals surface area contributed by atoms with Crippen LogP contribution in [0.4, 0.5) is 0 Å². The number of hydrogen-bond acceptors (Lipinski definition) is 3. The summed E-state index contributed by atoms with van der Waals surface area (Å²) >= 11 is 0. The standard InChI is InChI=1S/C12H13NO3/c1-12(2,3)13-9-7-5-4-6-8(9)10(14)16-11(13)15/h4-7H,1-3H3. The van der Waals surface area contributed by atoms with Gasteiger partial charge in [-0.3, -0.25) is 4.57 Å². The monoisotopic (exact) mass is 219 g/mol. The quantitative estimate of drug-likeness (QED) is 0.677. The first-order chi connectivity index (χ1) is 7.41. The number of hydrogen-bond donors (Lipinski definition) is 0. The van der Waals surface area contributed by atoms with E-state index in [9.17, 15) is 9.59 Å². The molecule has 0 saturated heterocycles. The molecule has 4 nitrogen and oxygen atoms in total. The minimum Gasteiger partial charge on any atom is -0.372 e. The molecule has 2 aromatic rings. The van der Waals surface area contributed by atoms with Gasteiger partial charge in [0.2, 0.25) is 0 Å². The zero-order chi connectivity index (χ0) is 11.9.